The third-order valence-electron chi connectivity index (χ3n) is 4.86. The maximum absolute atomic E-state index is 13.5. The topological polar surface area (TPSA) is 70.1 Å². The minimum absolute atomic E-state index is 0.135. The number of imide groups is 1. The molecular weight excluding hydrogens is 356 g/mol. The highest BCUT2D eigenvalue weighted by Gasteiger charge is 2.43. The first-order valence-electron chi connectivity index (χ1n) is 9.06. The number of aryl methyl sites for hydroxylation is 2. The first-order chi connectivity index (χ1) is 13.4. The monoisotopic (exact) mass is 380 g/mol. The lowest BCUT2D eigenvalue weighted by molar-refractivity contribution is -0.120. The summed E-state index contributed by atoms with van der Waals surface area (Å²) in [5.74, 6) is -0.296. The fourth-order valence-electron chi connectivity index (χ4n) is 3.41. The summed E-state index contributed by atoms with van der Waals surface area (Å²) in [6.07, 6.45) is 0. The standard InChI is InChI=1S/C22H24N2O4/c1-14-9-10-15(2)17(13-14)24-21(26)19(16-7-5-6-8-18(16)28-4)20(22(24)27)23(3)11-12-25/h5-10,13,25H,11-12H2,1-4H3. The van der Waals surface area contributed by atoms with Gasteiger partial charge in [-0.15, -0.1) is 0 Å². The van der Waals surface area contributed by atoms with Gasteiger partial charge in [0.25, 0.3) is 11.8 Å². The molecule has 2 amide bonds. The largest absolute Gasteiger partial charge is 0.496 e. The van der Waals surface area contributed by atoms with Gasteiger partial charge in [-0.3, -0.25) is 9.59 Å². The molecule has 1 aliphatic heterocycles. The zero-order chi connectivity index (χ0) is 20.4. The number of ether oxygens (including phenoxy) is 1. The number of rotatable bonds is 6. The van der Waals surface area contributed by atoms with Gasteiger partial charge in [0.15, 0.2) is 0 Å². The number of methoxy groups -OCH3 is 1. The van der Waals surface area contributed by atoms with Gasteiger partial charge in [0.05, 0.1) is 25.0 Å². The van der Waals surface area contributed by atoms with E-state index in [9.17, 15) is 14.7 Å². The van der Waals surface area contributed by atoms with Crippen LogP contribution in [0.15, 0.2) is 48.2 Å². The highest BCUT2D eigenvalue weighted by atomic mass is 16.5. The summed E-state index contributed by atoms with van der Waals surface area (Å²) in [4.78, 5) is 29.7. The molecule has 0 saturated heterocycles. The molecule has 0 bridgehead atoms. The van der Waals surface area contributed by atoms with E-state index < -0.39 is 11.8 Å². The van der Waals surface area contributed by atoms with E-state index >= 15 is 0 Å². The maximum atomic E-state index is 13.5. The van der Waals surface area contributed by atoms with Crippen molar-refractivity contribution in [3.63, 3.8) is 0 Å². The van der Waals surface area contributed by atoms with E-state index in [0.717, 1.165) is 11.1 Å². The molecule has 0 saturated carbocycles. The van der Waals surface area contributed by atoms with E-state index in [2.05, 4.69) is 0 Å². The molecule has 146 valence electrons. The van der Waals surface area contributed by atoms with Crippen LogP contribution in [0.3, 0.4) is 0 Å². The van der Waals surface area contributed by atoms with Gasteiger partial charge in [0.2, 0.25) is 0 Å². The Bertz CT molecular complexity index is 965. The molecular formula is C22H24N2O4. The Morgan fingerprint density at radius 2 is 1.79 bits per heavy atom. The molecule has 0 spiro atoms. The van der Waals surface area contributed by atoms with Crippen LogP contribution >= 0.6 is 0 Å². The van der Waals surface area contributed by atoms with Crippen molar-refractivity contribution in [3.8, 4) is 5.75 Å². The van der Waals surface area contributed by atoms with E-state index in [1.807, 2.05) is 38.1 Å². The van der Waals surface area contributed by atoms with Crippen LogP contribution < -0.4 is 9.64 Å². The van der Waals surface area contributed by atoms with Gasteiger partial charge in [-0.05, 0) is 37.1 Å². The van der Waals surface area contributed by atoms with Crippen molar-refractivity contribution in [1.29, 1.82) is 0 Å². The van der Waals surface area contributed by atoms with E-state index in [0.29, 0.717) is 17.0 Å². The lowest BCUT2D eigenvalue weighted by atomic mass is 10.0. The number of amides is 2. The van der Waals surface area contributed by atoms with Gasteiger partial charge in [0.1, 0.15) is 11.4 Å². The summed E-state index contributed by atoms with van der Waals surface area (Å²) >= 11 is 0. The molecule has 6 nitrogen and oxygen atoms in total. The van der Waals surface area contributed by atoms with Crippen molar-refractivity contribution in [3.05, 3.63) is 64.9 Å². The fraction of sp³-hybridized carbons (Fsp3) is 0.273. The summed E-state index contributed by atoms with van der Waals surface area (Å²) in [5.41, 5.74) is 3.43. The Hall–Kier alpha value is -3.12. The van der Waals surface area contributed by atoms with Gasteiger partial charge in [-0.25, -0.2) is 4.90 Å². The summed E-state index contributed by atoms with van der Waals surface area (Å²) in [6.45, 7) is 3.88. The van der Waals surface area contributed by atoms with E-state index in [1.54, 1.807) is 30.1 Å². The van der Waals surface area contributed by atoms with Gasteiger partial charge >= 0.3 is 0 Å². The predicted octanol–water partition coefficient (Wildman–Crippen LogP) is 2.52. The van der Waals surface area contributed by atoms with Crippen LogP contribution in [0.25, 0.3) is 5.57 Å². The molecule has 0 radical (unpaired) electrons. The van der Waals surface area contributed by atoms with Crippen LogP contribution in [0.2, 0.25) is 0 Å². The van der Waals surface area contributed by atoms with Gasteiger partial charge < -0.3 is 14.7 Å². The number of carbonyl (C=O) groups excluding carboxylic acids is 2. The van der Waals surface area contributed by atoms with Crippen molar-refractivity contribution in [2.45, 2.75) is 13.8 Å². The number of para-hydroxylation sites is 1. The second-order valence-corrected chi connectivity index (χ2v) is 6.80. The second kappa shape index (κ2) is 7.86. The smallest absolute Gasteiger partial charge is 0.282 e. The van der Waals surface area contributed by atoms with Gasteiger partial charge in [-0.2, -0.15) is 0 Å². The van der Waals surface area contributed by atoms with Crippen LogP contribution in [-0.2, 0) is 9.59 Å². The highest BCUT2D eigenvalue weighted by molar-refractivity contribution is 6.45. The molecule has 0 aliphatic carbocycles. The third-order valence-corrected chi connectivity index (χ3v) is 4.86. The molecule has 2 aromatic carbocycles. The number of aliphatic hydroxyl groups excluding tert-OH is 1. The normalized spacial score (nSPS) is 14.1. The van der Waals surface area contributed by atoms with E-state index in [-0.39, 0.29) is 24.4 Å². The van der Waals surface area contributed by atoms with Crippen molar-refractivity contribution < 1.29 is 19.4 Å². The predicted molar refractivity (Wildman–Crippen MR) is 108 cm³/mol. The number of aliphatic hydroxyl groups is 1. The van der Waals surface area contributed by atoms with Crippen LogP contribution in [0.4, 0.5) is 5.69 Å². The number of likely N-dealkylation sites (N-methyl/N-ethyl adjacent to an activating group) is 1. The van der Waals surface area contributed by atoms with E-state index in [1.165, 1.54) is 12.0 Å². The molecule has 3 rings (SSSR count). The minimum Gasteiger partial charge on any atom is -0.496 e. The van der Waals surface area contributed by atoms with Crippen molar-refractivity contribution in [1.82, 2.24) is 4.90 Å². The molecule has 0 atom stereocenters. The minimum atomic E-state index is -0.407. The highest BCUT2D eigenvalue weighted by Crippen LogP contribution is 2.38. The summed E-state index contributed by atoms with van der Waals surface area (Å²) in [6, 6.07) is 12.8. The van der Waals surface area contributed by atoms with Gasteiger partial charge in [0, 0.05) is 19.2 Å². The fourth-order valence-corrected chi connectivity index (χ4v) is 3.41. The molecule has 0 fully saturated rings. The number of hydrogen-bond donors (Lipinski definition) is 1. The lowest BCUT2D eigenvalue weighted by Crippen LogP contribution is -2.35. The van der Waals surface area contributed by atoms with Crippen LogP contribution in [0.5, 0.6) is 5.75 Å². The Morgan fingerprint density at radius 3 is 2.46 bits per heavy atom. The first-order valence-corrected chi connectivity index (χ1v) is 9.06. The molecule has 6 heteroatoms. The summed E-state index contributed by atoms with van der Waals surface area (Å²) in [5, 5.41) is 9.37. The Labute approximate surface area is 164 Å². The van der Waals surface area contributed by atoms with Crippen molar-refractivity contribution in [2.75, 3.05) is 32.2 Å². The molecule has 0 aromatic heterocycles. The van der Waals surface area contributed by atoms with Crippen LogP contribution in [-0.4, -0.2) is 49.1 Å². The van der Waals surface area contributed by atoms with Crippen molar-refractivity contribution in [2.24, 2.45) is 0 Å². The average molecular weight is 380 g/mol. The Balaban J connectivity index is 2.21. The lowest BCUT2D eigenvalue weighted by Gasteiger charge is -2.21. The zero-order valence-corrected chi connectivity index (χ0v) is 16.5. The first kappa shape index (κ1) is 19.6. The Morgan fingerprint density at radius 1 is 1.07 bits per heavy atom. The van der Waals surface area contributed by atoms with Crippen molar-refractivity contribution >= 4 is 23.1 Å². The number of anilines is 1. The number of nitrogens with zero attached hydrogens (tertiary/aromatic N) is 2. The molecule has 1 N–H and O–H groups in total. The second-order valence-electron chi connectivity index (χ2n) is 6.80. The third kappa shape index (κ3) is 3.27. The quantitative estimate of drug-likeness (QED) is 0.780. The average Bonchev–Trinajstić information content (AvgIpc) is 2.94. The number of hydrogen-bond acceptors (Lipinski definition) is 5. The Kier molecular flexibility index (Phi) is 5.51. The summed E-state index contributed by atoms with van der Waals surface area (Å²) in [7, 11) is 3.22. The van der Waals surface area contributed by atoms with E-state index in [4.69, 9.17) is 4.74 Å². The van der Waals surface area contributed by atoms with Gasteiger partial charge in [-0.1, -0.05) is 30.3 Å². The number of carbonyl (C=O) groups is 2. The van der Waals surface area contributed by atoms with Crippen LogP contribution in [0.1, 0.15) is 16.7 Å². The SMILES string of the molecule is COc1ccccc1C1=C(N(C)CCO)C(=O)N(c2cc(C)ccc2C)C1=O. The molecule has 0 unspecified atom stereocenters. The maximum Gasteiger partial charge on any atom is 0.282 e. The summed E-state index contributed by atoms with van der Waals surface area (Å²) < 4.78 is 5.43. The molecule has 28 heavy (non-hydrogen) atoms. The molecule has 1 aliphatic rings. The van der Waals surface area contributed by atoms with Crippen LogP contribution in [0, 0.1) is 13.8 Å². The number of benzene rings is 2. The molecule has 1 heterocycles. The zero-order valence-electron chi connectivity index (χ0n) is 16.5. The molecule has 2 aromatic rings.